The SMILES string of the molecule is N#Cc1ccccc1N1CCCN(c2c(C#N)cnc3ccc(Cl)cc23)CC1. The third-order valence-electron chi connectivity index (χ3n) is 5.10. The second-order valence-corrected chi connectivity index (χ2v) is 7.19. The molecule has 0 bridgehead atoms. The van der Waals surface area contributed by atoms with E-state index in [0.29, 0.717) is 16.1 Å². The molecule has 28 heavy (non-hydrogen) atoms. The number of halogens is 1. The van der Waals surface area contributed by atoms with Crippen molar-refractivity contribution in [3.8, 4) is 12.1 Å². The lowest BCUT2D eigenvalue weighted by Gasteiger charge is -2.26. The van der Waals surface area contributed by atoms with E-state index >= 15 is 0 Å². The van der Waals surface area contributed by atoms with Crippen molar-refractivity contribution in [3.63, 3.8) is 0 Å². The van der Waals surface area contributed by atoms with Gasteiger partial charge in [0.05, 0.1) is 28.0 Å². The fourth-order valence-corrected chi connectivity index (χ4v) is 3.97. The van der Waals surface area contributed by atoms with Crippen LogP contribution >= 0.6 is 11.6 Å². The number of anilines is 2. The molecule has 5 nitrogen and oxygen atoms in total. The van der Waals surface area contributed by atoms with Crippen molar-refractivity contribution < 1.29 is 0 Å². The monoisotopic (exact) mass is 387 g/mol. The van der Waals surface area contributed by atoms with E-state index in [1.54, 1.807) is 6.20 Å². The Hall–Kier alpha value is -3.28. The molecule has 0 saturated carbocycles. The molecule has 0 unspecified atom stereocenters. The van der Waals surface area contributed by atoms with E-state index in [4.69, 9.17) is 11.6 Å². The summed E-state index contributed by atoms with van der Waals surface area (Å²) < 4.78 is 0. The van der Waals surface area contributed by atoms with Gasteiger partial charge in [0.25, 0.3) is 0 Å². The number of aromatic nitrogens is 1. The summed E-state index contributed by atoms with van der Waals surface area (Å²) in [6.45, 7) is 3.21. The number of nitrogens with zero attached hydrogens (tertiary/aromatic N) is 5. The summed E-state index contributed by atoms with van der Waals surface area (Å²) in [5.74, 6) is 0. The zero-order chi connectivity index (χ0) is 19.5. The zero-order valence-electron chi connectivity index (χ0n) is 15.3. The van der Waals surface area contributed by atoms with Gasteiger partial charge < -0.3 is 9.80 Å². The lowest BCUT2D eigenvalue weighted by atomic mass is 10.1. The Morgan fingerprint density at radius 3 is 2.46 bits per heavy atom. The Kier molecular flexibility index (Phi) is 5.02. The van der Waals surface area contributed by atoms with E-state index in [9.17, 15) is 10.5 Å². The Morgan fingerprint density at radius 2 is 1.64 bits per heavy atom. The van der Waals surface area contributed by atoms with E-state index in [-0.39, 0.29) is 0 Å². The Bertz CT molecular complexity index is 1110. The maximum Gasteiger partial charge on any atom is 0.103 e. The number of nitriles is 2. The van der Waals surface area contributed by atoms with Gasteiger partial charge in [0.1, 0.15) is 12.1 Å². The Morgan fingerprint density at radius 1 is 0.893 bits per heavy atom. The van der Waals surface area contributed by atoms with Crippen LogP contribution in [0.15, 0.2) is 48.7 Å². The number of pyridine rings is 1. The number of hydrogen-bond donors (Lipinski definition) is 0. The van der Waals surface area contributed by atoms with Gasteiger partial charge in [-0.3, -0.25) is 4.98 Å². The van der Waals surface area contributed by atoms with Gasteiger partial charge in [-0.25, -0.2) is 0 Å². The molecule has 0 spiro atoms. The van der Waals surface area contributed by atoms with Crippen molar-refractivity contribution in [2.24, 2.45) is 0 Å². The van der Waals surface area contributed by atoms with Crippen LogP contribution in [-0.4, -0.2) is 31.2 Å². The Balaban J connectivity index is 1.70. The topological polar surface area (TPSA) is 67.0 Å². The molecule has 3 aromatic rings. The van der Waals surface area contributed by atoms with Crippen LogP contribution in [0.5, 0.6) is 0 Å². The van der Waals surface area contributed by atoms with Crippen LogP contribution in [-0.2, 0) is 0 Å². The molecule has 1 aliphatic heterocycles. The average molecular weight is 388 g/mol. The maximum atomic E-state index is 9.65. The van der Waals surface area contributed by atoms with Gasteiger partial charge in [0, 0.05) is 42.8 Å². The smallest absolute Gasteiger partial charge is 0.103 e. The first-order valence-electron chi connectivity index (χ1n) is 9.18. The Labute approximate surface area is 169 Å². The van der Waals surface area contributed by atoms with Crippen molar-refractivity contribution in [3.05, 3.63) is 64.8 Å². The molecule has 0 radical (unpaired) electrons. The van der Waals surface area contributed by atoms with Crippen LogP contribution in [0.4, 0.5) is 11.4 Å². The standard InChI is InChI=1S/C22H18ClN5/c23-18-6-7-20-19(12-18)22(17(14-25)15-26-20)28-9-3-8-27(10-11-28)21-5-2-1-4-16(21)13-24/h1-2,4-7,12,15H,3,8-11H2. The fourth-order valence-electron chi connectivity index (χ4n) is 3.80. The lowest BCUT2D eigenvalue weighted by Crippen LogP contribution is -2.31. The van der Waals surface area contributed by atoms with Crippen LogP contribution in [0.3, 0.4) is 0 Å². The molecule has 0 amide bonds. The van der Waals surface area contributed by atoms with E-state index in [2.05, 4.69) is 26.9 Å². The molecule has 1 aromatic heterocycles. The molecule has 0 aliphatic carbocycles. The van der Waals surface area contributed by atoms with Crippen LogP contribution in [0.25, 0.3) is 10.9 Å². The predicted molar refractivity (Wildman–Crippen MR) is 112 cm³/mol. The molecule has 0 N–H and O–H groups in total. The van der Waals surface area contributed by atoms with E-state index in [1.807, 2.05) is 42.5 Å². The van der Waals surface area contributed by atoms with Crippen molar-refractivity contribution in [1.29, 1.82) is 10.5 Å². The van der Waals surface area contributed by atoms with E-state index < -0.39 is 0 Å². The van der Waals surface area contributed by atoms with Gasteiger partial charge in [-0.2, -0.15) is 10.5 Å². The summed E-state index contributed by atoms with van der Waals surface area (Å²) in [7, 11) is 0. The van der Waals surface area contributed by atoms with Crippen molar-refractivity contribution in [2.45, 2.75) is 6.42 Å². The van der Waals surface area contributed by atoms with Gasteiger partial charge in [0.15, 0.2) is 0 Å². The summed E-state index contributed by atoms with van der Waals surface area (Å²) >= 11 is 6.23. The van der Waals surface area contributed by atoms with Crippen LogP contribution in [0.1, 0.15) is 17.5 Å². The van der Waals surface area contributed by atoms with Crippen molar-refractivity contribution in [1.82, 2.24) is 4.98 Å². The molecule has 0 atom stereocenters. The predicted octanol–water partition coefficient (Wildman–Crippen LogP) is 4.35. The van der Waals surface area contributed by atoms with Gasteiger partial charge in [-0.1, -0.05) is 23.7 Å². The lowest BCUT2D eigenvalue weighted by molar-refractivity contribution is 0.806. The first kappa shape index (κ1) is 18.1. The van der Waals surface area contributed by atoms with Gasteiger partial charge >= 0.3 is 0 Å². The summed E-state index contributed by atoms with van der Waals surface area (Å²) in [5.41, 5.74) is 3.94. The number of benzene rings is 2. The van der Waals surface area contributed by atoms with Gasteiger partial charge in [-0.15, -0.1) is 0 Å². The summed E-state index contributed by atoms with van der Waals surface area (Å²) in [6.07, 6.45) is 2.56. The van der Waals surface area contributed by atoms with Crippen LogP contribution in [0, 0.1) is 22.7 Å². The molecule has 6 heteroatoms. The number of hydrogen-bond acceptors (Lipinski definition) is 5. The number of para-hydroxylation sites is 1. The van der Waals surface area contributed by atoms with Gasteiger partial charge in [0.2, 0.25) is 0 Å². The van der Waals surface area contributed by atoms with Crippen molar-refractivity contribution in [2.75, 3.05) is 36.0 Å². The molecule has 4 rings (SSSR count). The molecule has 1 saturated heterocycles. The van der Waals surface area contributed by atoms with Crippen molar-refractivity contribution >= 4 is 33.9 Å². The second-order valence-electron chi connectivity index (χ2n) is 6.75. The third-order valence-corrected chi connectivity index (χ3v) is 5.33. The molecule has 1 aliphatic rings. The molecule has 138 valence electrons. The second kappa shape index (κ2) is 7.76. The number of fused-ring (bicyclic) bond motifs is 1. The molecular formula is C22H18ClN5. The summed E-state index contributed by atoms with van der Waals surface area (Å²) in [5, 5.41) is 20.6. The zero-order valence-corrected chi connectivity index (χ0v) is 16.0. The van der Waals surface area contributed by atoms with E-state index in [1.165, 1.54) is 0 Å². The normalized spacial score (nSPS) is 14.4. The first-order valence-corrected chi connectivity index (χ1v) is 9.56. The largest absolute Gasteiger partial charge is 0.369 e. The highest BCUT2D eigenvalue weighted by molar-refractivity contribution is 6.31. The van der Waals surface area contributed by atoms with Crippen LogP contribution < -0.4 is 9.80 Å². The molecular weight excluding hydrogens is 370 g/mol. The highest BCUT2D eigenvalue weighted by Crippen LogP contribution is 2.32. The third kappa shape index (κ3) is 3.33. The molecule has 2 aromatic carbocycles. The minimum atomic E-state index is 0.556. The molecule has 1 fully saturated rings. The minimum absolute atomic E-state index is 0.556. The highest BCUT2D eigenvalue weighted by atomic mass is 35.5. The fraction of sp³-hybridized carbons (Fsp3) is 0.227. The van der Waals surface area contributed by atoms with Crippen LogP contribution in [0.2, 0.25) is 5.02 Å². The minimum Gasteiger partial charge on any atom is -0.369 e. The summed E-state index contributed by atoms with van der Waals surface area (Å²) in [6, 6.07) is 17.8. The van der Waals surface area contributed by atoms with Gasteiger partial charge in [-0.05, 0) is 36.8 Å². The highest BCUT2D eigenvalue weighted by Gasteiger charge is 2.21. The summed E-state index contributed by atoms with van der Waals surface area (Å²) in [4.78, 5) is 8.90. The van der Waals surface area contributed by atoms with E-state index in [0.717, 1.165) is 54.9 Å². The quantitative estimate of drug-likeness (QED) is 0.654. The maximum absolute atomic E-state index is 9.65. The number of rotatable bonds is 2. The molecule has 2 heterocycles. The average Bonchev–Trinajstić information content (AvgIpc) is 2.98. The first-order chi connectivity index (χ1) is 13.7.